The van der Waals surface area contributed by atoms with Crippen LogP contribution in [0.3, 0.4) is 0 Å². The Morgan fingerprint density at radius 2 is 1.78 bits per heavy atom. The molecular weight excluding hydrogens is 292 g/mol. The van der Waals surface area contributed by atoms with Gasteiger partial charge in [0.2, 0.25) is 17.7 Å². The number of amides is 3. The molecule has 3 amide bonds. The normalized spacial score (nSPS) is 35.2. The summed E-state index contributed by atoms with van der Waals surface area (Å²) in [4.78, 5) is 41.7. The predicted octanol–water partition coefficient (Wildman–Crippen LogP) is 1.60. The highest BCUT2D eigenvalue weighted by Crippen LogP contribution is 2.53. The van der Waals surface area contributed by atoms with E-state index in [0.717, 1.165) is 0 Å². The van der Waals surface area contributed by atoms with Gasteiger partial charge in [-0.2, -0.15) is 0 Å². The van der Waals surface area contributed by atoms with Crippen LogP contribution in [0.5, 0.6) is 0 Å². The van der Waals surface area contributed by atoms with E-state index in [1.165, 1.54) is 4.90 Å². The standard InChI is InChI=1S/C18H18N2O3/c1-3-19-12-9-10-18(2,17(19)23)14-13(12)15(21)20(16(14)22)11-7-5-4-6-8-11/h4-10,12-14H,3H2,1-2H3/t12-,13-,14+,18+/m0/s1. The molecule has 1 aromatic rings. The molecule has 0 N–H and O–H groups in total. The molecule has 0 saturated carbocycles. The van der Waals surface area contributed by atoms with Crippen LogP contribution in [0.2, 0.25) is 0 Å². The van der Waals surface area contributed by atoms with Crippen LogP contribution in [0.15, 0.2) is 42.5 Å². The molecule has 1 aliphatic carbocycles. The Labute approximate surface area is 134 Å². The van der Waals surface area contributed by atoms with Crippen LogP contribution >= 0.6 is 0 Å². The van der Waals surface area contributed by atoms with Crippen LogP contribution < -0.4 is 4.90 Å². The van der Waals surface area contributed by atoms with Crippen LogP contribution in [-0.2, 0) is 14.4 Å². The molecule has 4 atom stereocenters. The lowest BCUT2D eigenvalue weighted by molar-refractivity contribution is -0.158. The Morgan fingerprint density at radius 3 is 2.43 bits per heavy atom. The van der Waals surface area contributed by atoms with Crippen molar-refractivity contribution in [2.75, 3.05) is 11.4 Å². The first-order valence-electron chi connectivity index (χ1n) is 7.94. The first-order valence-corrected chi connectivity index (χ1v) is 7.94. The van der Waals surface area contributed by atoms with Gasteiger partial charge in [0.25, 0.3) is 0 Å². The molecule has 3 aliphatic heterocycles. The highest BCUT2D eigenvalue weighted by Gasteiger charge is 2.66. The maximum Gasteiger partial charge on any atom is 0.240 e. The van der Waals surface area contributed by atoms with E-state index < -0.39 is 17.3 Å². The average Bonchev–Trinajstić information content (AvgIpc) is 2.83. The molecule has 118 valence electrons. The summed E-state index contributed by atoms with van der Waals surface area (Å²) in [6.45, 7) is 4.22. The van der Waals surface area contributed by atoms with Crippen LogP contribution in [-0.4, -0.2) is 35.2 Å². The summed E-state index contributed by atoms with van der Waals surface area (Å²) < 4.78 is 0. The third-order valence-corrected chi connectivity index (χ3v) is 5.44. The lowest BCUT2D eigenvalue weighted by Crippen LogP contribution is -2.63. The zero-order chi connectivity index (χ0) is 16.4. The van der Waals surface area contributed by atoms with E-state index >= 15 is 0 Å². The fourth-order valence-electron chi connectivity index (χ4n) is 4.32. The largest absolute Gasteiger partial charge is 0.335 e. The first-order chi connectivity index (χ1) is 11.0. The van der Waals surface area contributed by atoms with Gasteiger partial charge in [0.15, 0.2) is 0 Å². The van der Waals surface area contributed by atoms with E-state index in [2.05, 4.69) is 0 Å². The molecule has 0 aromatic heterocycles. The van der Waals surface area contributed by atoms with Gasteiger partial charge in [0, 0.05) is 6.54 Å². The summed E-state index contributed by atoms with van der Waals surface area (Å²) in [6.07, 6.45) is 3.75. The van der Waals surface area contributed by atoms with Crippen LogP contribution in [0.25, 0.3) is 0 Å². The van der Waals surface area contributed by atoms with Gasteiger partial charge in [0.1, 0.15) is 0 Å². The number of anilines is 1. The number of hydrogen-bond donors (Lipinski definition) is 0. The lowest BCUT2D eigenvalue weighted by Gasteiger charge is -2.51. The minimum Gasteiger partial charge on any atom is -0.335 e. The van der Waals surface area contributed by atoms with Crippen molar-refractivity contribution in [1.29, 1.82) is 0 Å². The van der Waals surface area contributed by atoms with Crippen molar-refractivity contribution in [2.24, 2.45) is 17.3 Å². The van der Waals surface area contributed by atoms with Gasteiger partial charge in [-0.1, -0.05) is 30.4 Å². The molecule has 0 radical (unpaired) electrons. The van der Waals surface area contributed by atoms with Gasteiger partial charge >= 0.3 is 0 Å². The van der Waals surface area contributed by atoms with Gasteiger partial charge < -0.3 is 4.90 Å². The molecule has 2 bridgehead atoms. The number of rotatable bonds is 2. The Kier molecular flexibility index (Phi) is 2.80. The second kappa shape index (κ2) is 4.54. The number of para-hydroxylation sites is 1. The van der Waals surface area contributed by atoms with Crippen molar-refractivity contribution in [2.45, 2.75) is 19.9 Å². The van der Waals surface area contributed by atoms with Gasteiger partial charge in [-0.15, -0.1) is 0 Å². The topological polar surface area (TPSA) is 57.7 Å². The monoisotopic (exact) mass is 310 g/mol. The molecule has 2 fully saturated rings. The number of imide groups is 1. The van der Waals surface area contributed by atoms with Gasteiger partial charge in [0.05, 0.1) is 29.0 Å². The number of benzene rings is 1. The third-order valence-electron chi connectivity index (χ3n) is 5.44. The second-order valence-corrected chi connectivity index (χ2v) is 6.57. The molecule has 1 aromatic carbocycles. The Morgan fingerprint density at radius 1 is 1.09 bits per heavy atom. The minimum absolute atomic E-state index is 0.0511. The number of carbonyl (C=O) groups excluding carboxylic acids is 3. The van der Waals surface area contributed by atoms with Gasteiger partial charge in [-0.25, -0.2) is 4.90 Å². The van der Waals surface area contributed by atoms with E-state index in [9.17, 15) is 14.4 Å². The van der Waals surface area contributed by atoms with Gasteiger partial charge in [-0.3, -0.25) is 14.4 Å². The molecule has 3 heterocycles. The van der Waals surface area contributed by atoms with Crippen LogP contribution in [0, 0.1) is 17.3 Å². The quantitative estimate of drug-likeness (QED) is 0.616. The molecule has 5 heteroatoms. The SMILES string of the molecule is CCN1C(=O)[C@]2(C)C=C[C@H]1[C@@H]1C(=O)N(c3ccccc3)C(=O)[C@@H]12. The van der Waals surface area contributed by atoms with Crippen LogP contribution in [0.1, 0.15) is 13.8 Å². The van der Waals surface area contributed by atoms with E-state index in [1.807, 2.05) is 25.1 Å². The molecule has 5 nitrogen and oxygen atoms in total. The second-order valence-electron chi connectivity index (χ2n) is 6.57. The summed E-state index contributed by atoms with van der Waals surface area (Å²) in [5.41, 5.74) is -0.346. The molecule has 23 heavy (non-hydrogen) atoms. The zero-order valence-electron chi connectivity index (χ0n) is 13.1. The highest BCUT2D eigenvalue weighted by atomic mass is 16.2. The fourth-order valence-corrected chi connectivity index (χ4v) is 4.32. The van der Waals surface area contributed by atoms with E-state index in [0.29, 0.717) is 12.2 Å². The molecule has 4 aliphatic rings. The van der Waals surface area contributed by atoms with Crippen molar-refractivity contribution < 1.29 is 14.4 Å². The summed E-state index contributed by atoms with van der Waals surface area (Å²) in [6, 6.07) is 8.64. The maximum absolute atomic E-state index is 13.0. The van der Waals surface area contributed by atoms with E-state index in [-0.39, 0.29) is 23.8 Å². The predicted molar refractivity (Wildman–Crippen MR) is 84.3 cm³/mol. The summed E-state index contributed by atoms with van der Waals surface area (Å²) >= 11 is 0. The number of likely N-dealkylation sites (N-methyl/N-ethyl adjacent to an activating group) is 1. The minimum atomic E-state index is -0.925. The zero-order valence-corrected chi connectivity index (χ0v) is 13.1. The van der Waals surface area contributed by atoms with Crippen molar-refractivity contribution in [3.63, 3.8) is 0 Å². The van der Waals surface area contributed by atoms with Crippen molar-refractivity contribution in [1.82, 2.24) is 4.90 Å². The number of piperidine rings is 1. The Hall–Kier alpha value is -2.43. The van der Waals surface area contributed by atoms with Gasteiger partial charge in [-0.05, 0) is 26.0 Å². The molecule has 2 saturated heterocycles. The third kappa shape index (κ3) is 1.59. The van der Waals surface area contributed by atoms with Crippen molar-refractivity contribution >= 4 is 23.4 Å². The summed E-state index contributed by atoms with van der Waals surface area (Å²) in [5, 5.41) is 0. The fraction of sp³-hybridized carbons (Fsp3) is 0.389. The molecule has 0 spiro atoms. The molecule has 5 rings (SSSR count). The Bertz CT molecular complexity index is 742. The van der Waals surface area contributed by atoms with E-state index in [1.54, 1.807) is 36.1 Å². The summed E-state index contributed by atoms with van der Waals surface area (Å²) in [7, 11) is 0. The number of hydrogen-bond acceptors (Lipinski definition) is 3. The smallest absolute Gasteiger partial charge is 0.240 e. The van der Waals surface area contributed by atoms with E-state index in [4.69, 9.17) is 0 Å². The Balaban J connectivity index is 1.84. The number of nitrogens with zero attached hydrogens (tertiary/aromatic N) is 2. The first kappa shape index (κ1) is 14.2. The average molecular weight is 310 g/mol. The summed E-state index contributed by atoms with van der Waals surface area (Å²) in [5.74, 6) is -1.58. The number of carbonyl (C=O) groups is 3. The number of fused-ring (bicyclic) bond motifs is 1. The molecule has 0 unspecified atom stereocenters. The molecular formula is C18H18N2O3. The highest BCUT2D eigenvalue weighted by molar-refractivity contribution is 6.24. The van der Waals surface area contributed by atoms with Crippen molar-refractivity contribution in [3.05, 3.63) is 42.5 Å². The van der Waals surface area contributed by atoms with Crippen molar-refractivity contribution in [3.8, 4) is 0 Å². The van der Waals surface area contributed by atoms with Crippen LogP contribution in [0.4, 0.5) is 5.69 Å². The lowest BCUT2D eigenvalue weighted by atomic mass is 9.61. The maximum atomic E-state index is 13.0.